The molecular weight excluding hydrogens is 271 g/mol. The van der Waals surface area contributed by atoms with Gasteiger partial charge in [0.15, 0.2) is 11.6 Å². The summed E-state index contributed by atoms with van der Waals surface area (Å²) in [5, 5.41) is 21.5. The van der Waals surface area contributed by atoms with E-state index in [4.69, 9.17) is 15.1 Å². The number of Topliss-reactive ketones (excluding diaryl/α,β-unsaturated/α-hetero) is 2. The molecule has 0 radical (unpaired) electrons. The predicted molar refractivity (Wildman–Crippen MR) is 78.6 cm³/mol. The fourth-order valence-corrected chi connectivity index (χ4v) is 1.60. The van der Waals surface area contributed by atoms with E-state index in [0.717, 1.165) is 0 Å². The highest BCUT2D eigenvalue weighted by molar-refractivity contribution is 6.30. The van der Waals surface area contributed by atoms with Gasteiger partial charge in [0.2, 0.25) is 0 Å². The number of carbonyl (C=O) groups excluding carboxylic acids is 2. The first-order chi connectivity index (χ1) is 10.0. The molecule has 3 N–H and O–H groups in total. The third-order valence-corrected chi connectivity index (χ3v) is 2.51. The van der Waals surface area contributed by atoms with Gasteiger partial charge in [-0.05, 0) is 0 Å². The van der Waals surface area contributed by atoms with Crippen LogP contribution in [0.5, 0.6) is 0 Å². The van der Waals surface area contributed by atoms with E-state index in [1.165, 1.54) is 0 Å². The second kappa shape index (κ2) is 8.81. The van der Waals surface area contributed by atoms with Gasteiger partial charge in [-0.1, -0.05) is 60.7 Å². The molecule has 5 nitrogen and oxygen atoms in total. The second-order valence-electron chi connectivity index (χ2n) is 4.10. The lowest BCUT2D eigenvalue weighted by Gasteiger charge is -2.00. The van der Waals surface area contributed by atoms with E-state index in [2.05, 4.69) is 0 Å². The number of benzene rings is 2. The Bertz CT molecular complexity index is 517. The zero-order chi connectivity index (χ0) is 15.7. The average molecular weight is 286 g/mol. The van der Waals surface area contributed by atoms with Crippen molar-refractivity contribution < 1.29 is 24.7 Å². The zero-order valence-electron chi connectivity index (χ0n) is 11.2. The van der Waals surface area contributed by atoms with Crippen molar-refractivity contribution in [1.29, 1.82) is 0 Å². The van der Waals surface area contributed by atoms with Gasteiger partial charge in [0.25, 0.3) is 0 Å². The first-order valence-corrected chi connectivity index (χ1v) is 6.21. The molecule has 0 atom stereocenters. The van der Waals surface area contributed by atoms with E-state index >= 15 is 0 Å². The van der Waals surface area contributed by atoms with Crippen molar-refractivity contribution in [2.75, 3.05) is 0 Å². The molecule has 0 amide bonds. The summed E-state index contributed by atoms with van der Waals surface area (Å²) in [6, 6.07) is 17.7. The third kappa shape index (κ3) is 6.62. The topological polar surface area (TPSA) is 94.8 Å². The molecule has 0 aliphatic rings. The summed E-state index contributed by atoms with van der Waals surface area (Å²) in [5.41, 5.74) is 1.16. The maximum absolute atomic E-state index is 11.8. The van der Waals surface area contributed by atoms with Crippen LogP contribution in [-0.4, -0.2) is 34.0 Å². The zero-order valence-corrected chi connectivity index (χ0v) is 11.2. The molecule has 0 saturated heterocycles. The monoisotopic (exact) mass is 286 g/mol. The molecule has 2 rings (SSSR count). The highest BCUT2D eigenvalue weighted by Gasteiger charge is 2.12. The van der Waals surface area contributed by atoms with Crippen molar-refractivity contribution in [2.45, 2.75) is 6.42 Å². The Balaban J connectivity index is 0.000000491. The molecule has 2 aromatic carbocycles. The van der Waals surface area contributed by atoms with Crippen LogP contribution in [0.4, 0.5) is 0 Å². The van der Waals surface area contributed by atoms with Crippen LogP contribution in [0.25, 0.3) is 0 Å². The van der Waals surface area contributed by atoms with E-state index in [1.54, 1.807) is 48.5 Å². The van der Waals surface area contributed by atoms with Crippen LogP contribution in [0.3, 0.4) is 0 Å². The minimum atomic E-state index is -2.17. The van der Waals surface area contributed by atoms with Crippen LogP contribution in [-0.2, 0) is 0 Å². The maximum atomic E-state index is 11.8. The number of carbonyl (C=O) groups is 2. The van der Waals surface area contributed by atoms with Gasteiger partial charge in [-0.3, -0.25) is 9.59 Å². The molecule has 0 bridgehead atoms. The Morgan fingerprint density at radius 1 is 0.714 bits per heavy atom. The van der Waals surface area contributed by atoms with Crippen LogP contribution in [0.15, 0.2) is 60.7 Å². The fraction of sp³-hybridized carbons (Fsp3) is 0.0667. The molecule has 6 heteroatoms. The average Bonchev–Trinajstić information content (AvgIpc) is 2.48. The third-order valence-electron chi connectivity index (χ3n) is 2.51. The Labute approximate surface area is 122 Å². The number of ketones is 2. The van der Waals surface area contributed by atoms with Crippen molar-refractivity contribution in [1.82, 2.24) is 0 Å². The van der Waals surface area contributed by atoms with Crippen LogP contribution >= 0.6 is 0 Å². The van der Waals surface area contributed by atoms with Crippen LogP contribution in [0.2, 0.25) is 0 Å². The van der Waals surface area contributed by atoms with Gasteiger partial charge in [0.05, 0.1) is 6.42 Å². The summed E-state index contributed by atoms with van der Waals surface area (Å²) in [7, 11) is -2.17. The number of hydrogen-bond acceptors (Lipinski definition) is 5. The summed E-state index contributed by atoms with van der Waals surface area (Å²) < 4.78 is 0. The molecule has 0 heterocycles. The van der Waals surface area contributed by atoms with E-state index in [0.29, 0.717) is 11.1 Å². The van der Waals surface area contributed by atoms with Gasteiger partial charge >= 0.3 is 7.32 Å². The van der Waals surface area contributed by atoms with Crippen molar-refractivity contribution >= 4 is 18.9 Å². The Morgan fingerprint density at radius 2 is 1.00 bits per heavy atom. The van der Waals surface area contributed by atoms with Gasteiger partial charge in [0, 0.05) is 11.1 Å². The molecule has 2 aromatic rings. The van der Waals surface area contributed by atoms with Crippen LogP contribution < -0.4 is 0 Å². The lowest BCUT2D eigenvalue weighted by Crippen LogP contribution is -2.08. The maximum Gasteiger partial charge on any atom is 0.631 e. The quantitative estimate of drug-likeness (QED) is 0.444. The Morgan fingerprint density at radius 3 is 1.29 bits per heavy atom. The molecule has 21 heavy (non-hydrogen) atoms. The number of rotatable bonds is 4. The Kier molecular flexibility index (Phi) is 7.04. The Hall–Kier alpha value is -2.28. The fourth-order valence-electron chi connectivity index (χ4n) is 1.60. The summed E-state index contributed by atoms with van der Waals surface area (Å²) in [4.78, 5) is 23.6. The van der Waals surface area contributed by atoms with Crippen molar-refractivity contribution in [3.63, 3.8) is 0 Å². The van der Waals surface area contributed by atoms with Crippen molar-refractivity contribution in [3.05, 3.63) is 71.8 Å². The molecule has 0 aliphatic heterocycles. The molecule has 0 aromatic heterocycles. The van der Waals surface area contributed by atoms with E-state index < -0.39 is 7.32 Å². The highest BCUT2D eigenvalue weighted by Crippen LogP contribution is 2.08. The summed E-state index contributed by atoms with van der Waals surface area (Å²) in [5.74, 6) is -0.279. The lowest BCUT2D eigenvalue weighted by molar-refractivity contribution is 0.0894. The molecule has 0 spiro atoms. The second-order valence-corrected chi connectivity index (χ2v) is 4.10. The molecule has 0 fully saturated rings. The van der Waals surface area contributed by atoms with E-state index in [1.807, 2.05) is 12.1 Å². The summed E-state index contributed by atoms with van der Waals surface area (Å²) in [6.07, 6.45) is -0.0754. The number of hydrogen-bond donors (Lipinski definition) is 3. The van der Waals surface area contributed by atoms with Gasteiger partial charge in [0.1, 0.15) is 0 Å². The molecule has 0 unspecified atom stereocenters. The molecular formula is C15H15BO5. The summed E-state index contributed by atoms with van der Waals surface area (Å²) in [6.45, 7) is 0. The molecule has 108 valence electrons. The predicted octanol–water partition coefficient (Wildman–Crippen LogP) is 1.09. The summed E-state index contributed by atoms with van der Waals surface area (Å²) >= 11 is 0. The van der Waals surface area contributed by atoms with Gasteiger partial charge < -0.3 is 15.1 Å². The first-order valence-electron chi connectivity index (χ1n) is 6.21. The minimum Gasteiger partial charge on any atom is -0.402 e. The van der Waals surface area contributed by atoms with Crippen molar-refractivity contribution in [2.24, 2.45) is 0 Å². The first kappa shape index (κ1) is 16.8. The van der Waals surface area contributed by atoms with Crippen molar-refractivity contribution in [3.8, 4) is 0 Å². The minimum absolute atomic E-state index is 0.0754. The van der Waals surface area contributed by atoms with E-state index in [9.17, 15) is 9.59 Å². The highest BCUT2D eigenvalue weighted by atomic mass is 16.5. The normalized spacial score (nSPS) is 9.29. The standard InChI is InChI=1S/C15H12O2.BH3O3/c16-14(12-7-3-1-4-8-12)11-15(17)13-9-5-2-6-10-13;2-1(3)4/h1-10H,11H2;2-4H. The molecule has 0 aliphatic carbocycles. The lowest BCUT2D eigenvalue weighted by atomic mass is 10.0. The van der Waals surface area contributed by atoms with Gasteiger partial charge in [-0.15, -0.1) is 0 Å². The van der Waals surface area contributed by atoms with E-state index in [-0.39, 0.29) is 18.0 Å². The van der Waals surface area contributed by atoms with Gasteiger partial charge in [-0.25, -0.2) is 0 Å². The molecule has 0 saturated carbocycles. The smallest absolute Gasteiger partial charge is 0.402 e. The van der Waals surface area contributed by atoms with Crippen LogP contribution in [0.1, 0.15) is 27.1 Å². The SMILES string of the molecule is O=C(CC(=O)c1ccccc1)c1ccccc1.OB(O)O. The van der Waals surface area contributed by atoms with Gasteiger partial charge in [-0.2, -0.15) is 0 Å². The largest absolute Gasteiger partial charge is 0.631 e. The van der Waals surface area contributed by atoms with Crippen LogP contribution in [0, 0.1) is 0 Å².